The fourth-order valence-electron chi connectivity index (χ4n) is 3.19. The standard InChI is InChI=1S/C23H22ClFN2O/c1-4-17-8-9-18(13-22(17)25)16(3)23(28)11-10-21-12-15(2)26-27(21)20-7-5-6-19(24)14-20/h4-9,12-14,16H,1,10-11H2,2-3H3. The predicted molar refractivity (Wildman–Crippen MR) is 112 cm³/mol. The van der Waals surface area contributed by atoms with Gasteiger partial charge in [-0.1, -0.05) is 49.4 Å². The van der Waals surface area contributed by atoms with Gasteiger partial charge in [-0.2, -0.15) is 5.10 Å². The molecule has 0 saturated heterocycles. The number of aryl methyl sites for hydroxylation is 2. The SMILES string of the molecule is C=Cc1ccc(C(C)C(=O)CCc2cc(C)nn2-c2cccc(Cl)c2)cc1F. The molecule has 0 saturated carbocycles. The topological polar surface area (TPSA) is 34.9 Å². The molecule has 0 amide bonds. The number of hydrogen-bond acceptors (Lipinski definition) is 2. The molecule has 1 aromatic heterocycles. The van der Waals surface area contributed by atoms with Gasteiger partial charge in [0.15, 0.2) is 0 Å². The first kappa shape index (κ1) is 20.0. The van der Waals surface area contributed by atoms with E-state index in [1.807, 2.05) is 48.9 Å². The van der Waals surface area contributed by atoms with Gasteiger partial charge in [0.2, 0.25) is 0 Å². The third-order valence-corrected chi connectivity index (χ3v) is 5.05. The van der Waals surface area contributed by atoms with Gasteiger partial charge >= 0.3 is 0 Å². The molecule has 0 bridgehead atoms. The van der Waals surface area contributed by atoms with Crippen LogP contribution >= 0.6 is 11.6 Å². The zero-order valence-corrected chi connectivity index (χ0v) is 16.7. The van der Waals surface area contributed by atoms with E-state index in [0.717, 1.165) is 17.1 Å². The molecule has 2 aromatic carbocycles. The van der Waals surface area contributed by atoms with Crippen molar-refractivity contribution in [1.29, 1.82) is 0 Å². The molecule has 3 nitrogen and oxygen atoms in total. The predicted octanol–water partition coefficient (Wildman–Crippen LogP) is 5.92. The van der Waals surface area contributed by atoms with Crippen molar-refractivity contribution >= 4 is 23.5 Å². The molecule has 5 heteroatoms. The van der Waals surface area contributed by atoms with Gasteiger partial charge in [-0.25, -0.2) is 9.07 Å². The normalized spacial score (nSPS) is 12.0. The molecule has 3 rings (SSSR count). The van der Waals surface area contributed by atoms with E-state index in [0.29, 0.717) is 29.0 Å². The largest absolute Gasteiger partial charge is 0.299 e. The lowest BCUT2D eigenvalue weighted by molar-refractivity contribution is -0.120. The summed E-state index contributed by atoms with van der Waals surface area (Å²) < 4.78 is 15.8. The van der Waals surface area contributed by atoms with Crippen LogP contribution in [0.3, 0.4) is 0 Å². The summed E-state index contributed by atoms with van der Waals surface area (Å²) in [5, 5.41) is 5.15. The van der Waals surface area contributed by atoms with Crippen LogP contribution in [0, 0.1) is 12.7 Å². The average Bonchev–Trinajstić information content (AvgIpc) is 3.06. The minimum Gasteiger partial charge on any atom is -0.299 e. The van der Waals surface area contributed by atoms with Crippen LogP contribution in [0.4, 0.5) is 4.39 Å². The van der Waals surface area contributed by atoms with Crippen molar-refractivity contribution in [3.05, 3.63) is 88.5 Å². The van der Waals surface area contributed by atoms with Crippen molar-refractivity contribution in [3.63, 3.8) is 0 Å². The van der Waals surface area contributed by atoms with Gasteiger partial charge in [-0.3, -0.25) is 4.79 Å². The highest BCUT2D eigenvalue weighted by Gasteiger charge is 2.18. The van der Waals surface area contributed by atoms with E-state index in [1.54, 1.807) is 12.1 Å². The minimum absolute atomic E-state index is 0.0576. The summed E-state index contributed by atoms with van der Waals surface area (Å²) in [6.07, 6.45) is 2.35. The minimum atomic E-state index is -0.378. The van der Waals surface area contributed by atoms with Gasteiger partial charge in [-0.15, -0.1) is 0 Å². The summed E-state index contributed by atoms with van der Waals surface area (Å²) in [5.74, 6) is -0.680. The van der Waals surface area contributed by atoms with Gasteiger partial charge < -0.3 is 0 Å². The summed E-state index contributed by atoms with van der Waals surface area (Å²) in [7, 11) is 0. The maximum Gasteiger partial charge on any atom is 0.140 e. The number of aromatic nitrogens is 2. The number of nitrogens with zero attached hydrogens (tertiary/aromatic N) is 2. The lowest BCUT2D eigenvalue weighted by Crippen LogP contribution is -2.12. The van der Waals surface area contributed by atoms with Crippen LogP contribution in [0.5, 0.6) is 0 Å². The molecule has 0 fully saturated rings. The fourth-order valence-corrected chi connectivity index (χ4v) is 3.38. The molecule has 144 valence electrons. The summed E-state index contributed by atoms with van der Waals surface area (Å²) in [6, 6.07) is 14.3. The Kier molecular flexibility index (Phi) is 6.10. The van der Waals surface area contributed by atoms with Crippen LogP contribution in [0.2, 0.25) is 5.02 Å². The van der Waals surface area contributed by atoms with Crippen LogP contribution in [-0.4, -0.2) is 15.6 Å². The van der Waals surface area contributed by atoms with Gasteiger partial charge in [0, 0.05) is 28.6 Å². The molecule has 0 N–H and O–H groups in total. The molecule has 0 aliphatic heterocycles. The molecule has 1 atom stereocenters. The molecule has 1 heterocycles. The Balaban J connectivity index is 1.74. The number of hydrogen-bond donors (Lipinski definition) is 0. The maximum atomic E-state index is 14.0. The van der Waals surface area contributed by atoms with Crippen molar-refractivity contribution < 1.29 is 9.18 Å². The number of carbonyl (C=O) groups excluding carboxylic acids is 1. The Morgan fingerprint density at radius 2 is 2.07 bits per heavy atom. The lowest BCUT2D eigenvalue weighted by Gasteiger charge is -2.13. The number of Topliss-reactive ketones (excluding diaryl/α,β-unsaturated/α-hetero) is 1. The number of rotatable bonds is 7. The zero-order chi connectivity index (χ0) is 20.3. The summed E-state index contributed by atoms with van der Waals surface area (Å²) >= 11 is 6.09. The number of benzene rings is 2. The molecule has 0 aliphatic carbocycles. The third kappa shape index (κ3) is 4.39. The molecule has 0 spiro atoms. The highest BCUT2D eigenvalue weighted by molar-refractivity contribution is 6.30. The van der Waals surface area contributed by atoms with Crippen molar-refractivity contribution in [2.75, 3.05) is 0 Å². The van der Waals surface area contributed by atoms with Crippen LogP contribution in [0.25, 0.3) is 11.8 Å². The van der Waals surface area contributed by atoms with E-state index in [4.69, 9.17) is 11.6 Å². The number of carbonyl (C=O) groups is 1. The van der Waals surface area contributed by atoms with E-state index in [-0.39, 0.29) is 17.5 Å². The Bertz CT molecular complexity index is 1030. The van der Waals surface area contributed by atoms with Gasteiger partial charge in [-0.05, 0) is 49.2 Å². The average molecular weight is 397 g/mol. The van der Waals surface area contributed by atoms with E-state index in [2.05, 4.69) is 11.7 Å². The van der Waals surface area contributed by atoms with Gasteiger partial charge in [0.1, 0.15) is 11.6 Å². The Morgan fingerprint density at radius 3 is 2.75 bits per heavy atom. The van der Waals surface area contributed by atoms with E-state index in [9.17, 15) is 9.18 Å². The first-order valence-corrected chi connectivity index (χ1v) is 9.53. The van der Waals surface area contributed by atoms with Gasteiger partial charge in [0.25, 0.3) is 0 Å². The quantitative estimate of drug-likeness (QED) is 0.496. The maximum absolute atomic E-state index is 14.0. The second-order valence-corrected chi connectivity index (χ2v) is 7.28. The molecule has 0 aliphatic rings. The Morgan fingerprint density at radius 1 is 1.29 bits per heavy atom. The number of halogens is 2. The van der Waals surface area contributed by atoms with Crippen LogP contribution in [-0.2, 0) is 11.2 Å². The van der Waals surface area contributed by atoms with Crippen molar-refractivity contribution in [3.8, 4) is 5.69 Å². The van der Waals surface area contributed by atoms with Crippen molar-refractivity contribution in [1.82, 2.24) is 9.78 Å². The van der Waals surface area contributed by atoms with E-state index >= 15 is 0 Å². The van der Waals surface area contributed by atoms with E-state index < -0.39 is 0 Å². The number of ketones is 1. The zero-order valence-electron chi connectivity index (χ0n) is 16.0. The highest BCUT2D eigenvalue weighted by atomic mass is 35.5. The van der Waals surface area contributed by atoms with Gasteiger partial charge in [0.05, 0.1) is 11.4 Å². The first-order chi connectivity index (χ1) is 13.4. The summed E-state index contributed by atoms with van der Waals surface area (Å²) in [4.78, 5) is 12.7. The van der Waals surface area contributed by atoms with Crippen LogP contribution in [0.1, 0.15) is 41.8 Å². The van der Waals surface area contributed by atoms with Crippen LogP contribution < -0.4 is 0 Å². The molecule has 28 heavy (non-hydrogen) atoms. The monoisotopic (exact) mass is 396 g/mol. The first-order valence-electron chi connectivity index (χ1n) is 9.15. The second kappa shape index (κ2) is 8.53. The lowest BCUT2D eigenvalue weighted by atomic mass is 9.92. The van der Waals surface area contributed by atoms with E-state index in [1.165, 1.54) is 12.1 Å². The highest BCUT2D eigenvalue weighted by Crippen LogP contribution is 2.23. The van der Waals surface area contributed by atoms with Crippen molar-refractivity contribution in [2.24, 2.45) is 0 Å². The Labute approximate surface area is 169 Å². The van der Waals surface area contributed by atoms with Crippen molar-refractivity contribution in [2.45, 2.75) is 32.6 Å². The smallest absolute Gasteiger partial charge is 0.140 e. The molecule has 3 aromatic rings. The third-order valence-electron chi connectivity index (χ3n) is 4.81. The Hall–Kier alpha value is -2.72. The molecular formula is C23H22ClFN2O. The molecular weight excluding hydrogens is 375 g/mol. The van der Waals surface area contributed by atoms with Crippen LogP contribution in [0.15, 0.2) is 55.1 Å². The molecule has 0 radical (unpaired) electrons. The summed E-state index contributed by atoms with van der Waals surface area (Å²) in [6.45, 7) is 7.31. The fraction of sp³-hybridized carbons (Fsp3) is 0.217. The molecule has 1 unspecified atom stereocenters. The summed E-state index contributed by atoms with van der Waals surface area (Å²) in [5.41, 5.74) is 3.78. The second-order valence-electron chi connectivity index (χ2n) is 6.84.